The molecule has 4 heterocycles. The number of para-hydroxylation sites is 1. The predicted molar refractivity (Wildman–Crippen MR) is 129 cm³/mol. The summed E-state index contributed by atoms with van der Waals surface area (Å²) < 4.78 is 12.3. The van der Waals surface area contributed by atoms with E-state index >= 15 is 0 Å². The molecule has 0 saturated carbocycles. The number of anilines is 1. The van der Waals surface area contributed by atoms with Crippen LogP contribution in [0.1, 0.15) is 42.6 Å². The first kappa shape index (κ1) is 21.0. The second-order valence-electron chi connectivity index (χ2n) is 8.95. The van der Waals surface area contributed by atoms with Gasteiger partial charge in [0.1, 0.15) is 5.82 Å². The molecule has 2 aromatic heterocycles. The number of hydrogen-bond donors (Lipinski definition) is 2. The Bertz CT molecular complexity index is 1080. The molecular weight excluding hydrogens is 401 g/mol. The fourth-order valence-electron chi connectivity index (χ4n) is 5.12. The van der Waals surface area contributed by atoms with Crippen molar-refractivity contribution in [3.63, 3.8) is 0 Å². The van der Waals surface area contributed by atoms with E-state index in [1.165, 1.54) is 27.7 Å². The number of hydrogen-bond acceptors (Lipinski definition) is 4. The number of likely N-dealkylation sites (tertiary alicyclic amines) is 1. The van der Waals surface area contributed by atoms with E-state index in [0.717, 1.165) is 50.5 Å². The van der Waals surface area contributed by atoms with E-state index in [0.29, 0.717) is 12.5 Å². The third-order valence-electron chi connectivity index (χ3n) is 6.87. The third-order valence-corrected chi connectivity index (χ3v) is 6.87. The topological polar surface area (TPSA) is 47.2 Å². The van der Waals surface area contributed by atoms with E-state index in [2.05, 4.69) is 70.0 Å². The average molecular weight is 434 g/mol. The van der Waals surface area contributed by atoms with Crippen molar-refractivity contribution in [2.24, 2.45) is 0 Å². The van der Waals surface area contributed by atoms with Gasteiger partial charge in [0.05, 0.1) is 18.8 Å². The largest absolute Gasteiger partial charge is 0.365 e. The second kappa shape index (κ2) is 8.94. The third kappa shape index (κ3) is 3.88. The number of halogens is 1. The number of nitrogens with zero attached hydrogens (tertiary/aromatic N) is 3. The highest BCUT2D eigenvalue weighted by Crippen LogP contribution is 2.40. The Balaban J connectivity index is 1.38. The molecule has 1 aromatic carbocycles. The Morgan fingerprint density at radius 2 is 2.09 bits per heavy atom. The van der Waals surface area contributed by atoms with Gasteiger partial charge < -0.3 is 15.2 Å². The zero-order valence-electron chi connectivity index (χ0n) is 18.8. The van der Waals surface area contributed by atoms with Crippen LogP contribution in [0, 0.1) is 0 Å². The number of aromatic nitrogens is 2. The Labute approximate surface area is 189 Å². The minimum atomic E-state index is -0.238. The fraction of sp³-hybridized carbons (Fsp3) is 0.423. The van der Waals surface area contributed by atoms with Crippen LogP contribution in [0.4, 0.5) is 10.2 Å². The van der Waals surface area contributed by atoms with Crippen LogP contribution < -0.4 is 5.32 Å². The van der Waals surface area contributed by atoms with Gasteiger partial charge in [0.2, 0.25) is 0 Å². The van der Waals surface area contributed by atoms with Crippen molar-refractivity contribution in [1.82, 2.24) is 19.8 Å². The van der Waals surface area contributed by atoms with Gasteiger partial charge in [-0.1, -0.05) is 37.8 Å². The summed E-state index contributed by atoms with van der Waals surface area (Å²) in [7, 11) is 0. The number of nitrogens with one attached hydrogen (secondary N) is 2. The molecule has 32 heavy (non-hydrogen) atoms. The molecule has 5 rings (SSSR count). The molecule has 0 unspecified atom stereocenters. The Hall–Kier alpha value is -2.86. The molecule has 2 aliphatic rings. The van der Waals surface area contributed by atoms with Gasteiger partial charge in [-0.05, 0) is 42.5 Å². The zero-order chi connectivity index (χ0) is 22.1. The lowest BCUT2D eigenvalue weighted by molar-refractivity contribution is 0.155. The smallest absolute Gasteiger partial charge is 0.126 e. The van der Waals surface area contributed by atoms with Crippen LogP contribution in [0.25, 0.3) is 10.9 Å². The Morgan fingerprint density at radius 1 is 1.25 bits per heavy atom. The van der Waals surface area contributed by atoms with Gasteiger partial charge in [0.15, 0.2) is 0 Å². The number of benzene rings is 1. The summed E-state index contributed by atoms with van der Waals surface area (Å²) in [5.41, 5.74) is 6.20. The van der Waals surface area contributed by atoms with E-state index in [-0.39, 0.29) is 12.7 Å². The predicted octanol–water partition coefficient (Wildman–Crippen LogP) is 4.89. The van der Waals surface area contributed by atoms with E-state index in [9.17, 15) is 4.39 Å². The van der Waals surface area contributed by atoms with Crippen molar-refractivity contribution in [3.05, 3.63) is 71.7 Å². The van der Waals surface area contributed by atoms with Gasteiger partial charge in [-0.3, -0.25) is 9.29 Å². The lowest BCUT2D eigenvalue weighted by Gasteiger charge is -2.40. The van der Waals surface area contributed by atoms with Crippen LogP contribution in [0.3, 0.4) is 0 Å². The van der Waals surface area contributed by atoms with Gasteiger partial charge >= 0.3 is 0 Å². The molecule has 0 radical (unpaired) electrons. The lowest BCUT2D eigenvalue weighted by Crippen LogP contribution is -2.54. The van der Waals surface area contributed by atoms with Crippen LogP contribution >= 0.6 is 0 Å². The quantitative estimate of drug-likeness (QED) is 0.531. The fourth-order valence-corrected chi connectivity index (χ4v) is 5.12. The molecule has 3 aromatic rings. The van der Waals surface area contributed by atoms with Crippen molar-refractivity contribution < 1.29 is 4.39 Å². The number of H-pyrrole nitrogens is 1. The standard InChI is InChI=1S/C26H32FN5/c1-3-18(2)32-14-11-22-21-7-4-5-8-23(21)30-25(22)26(32)19-9-10-24(28-15-19)29-20-16-31(17-20)13-6-12-27/h4-5,7-10,15,20,26,30H,2-3,6,11-14,16-17H2,1H3,(H,28,29)/t26-/m1/s1. The maximum absolute atomic E-state index is 12.3. The van der Waals surface area contributed by atoms with Crippen LogP contribution in [0.15, 0.2) is 54.9 Å². The first-order valence-corrected chi connectivity index (χ1v) is 11.7. The molecule has 1 fully saturated rings. The summed E-state index contributed by atoms with van der Waals surface area (Å²) in [5, 5.41) is 4.84. The van der Waals surface area contributed by atoms with Crippen molar-refractivity contribution in [2.45, 2.75) is 38.3 Å². The molecule has 5 nitrogen and oxygen atoms in total. The number of aromatic amines is 1. The summed E-state index contributed by atoms with van der Waals surface area (Å²) >= 11 is 0. The van der Waals surface area contributed by atoms with Gasteiger partial charge in [-0.25, -0.2) is 4.98 Å². The minimum absolute atomic E-state index is 0.0973. The first-order valence-electron chi connectivity index (χ1n) is 11.7. The van der Waals surface area contributed by atoms with Crippen LogP contribution in [-0.2, 0) is 6.42 Å². The molecule has 0 aliphatic carbocycles. The Kier molecular flexibility index (Phi) is 5.87. The molecule has 2 aliphatic heterocycles. The molecule has 168 valence electrons. The number of fused-ring (bicyclic) bond motifs is 3. The number of alkyl halides is 1. The van der Waals surface area contributed by atoms with Crippen molar-refractivity contribution in [3.8, 4) is 0 Å². The summed E-state index contributed by atoms with van der Waals surface area (Å²) in [6.07, 6.45) is 4.57. The number of allylic oxidation sites excluding steroid dienone is 1. The average Bonchev–Trinajstić information content (AvgIpc) is 3.18. The molecule has 1 atom stereocenters. The zero-order valence-corrected chi connectivity index (χ0v) is 18.8. The Morgan fingerprint density at radius 3 is 2.84 bits per heavy atom. The van der Waals surface area contributed by atoms with E-state index in [1.54, 1.807) is 0 Å². The van der Waals surface area contributed by atoms with E-state index < -0.39 is 0 Å². The highest BCUT2D eigenvalue weighted by Gasteiger charge is 2.32. The SMILES string of the molecule is C=C(CC)N1CCc2c([nH]c3ccccc23)[C@H]1c1ccc(NC2CN(CCCF)C2)nc1. The second-order valence-corrected chi connectivity index (χ2v) is 8.95. The minimum Gasteiger partial charge on any atom is -0.365 e. The normalized spacial score (nSPS) is 19.1. The van der Waals surface area contributed by atoms with Gasteiger partial charge in [0, 0.05) is 54.7 Å². The summed E-state index contributed by atoms with van der Waals surface area (Å²) in [5.74, 6) is 0.900. The molecule has 0 amide bonds. The molecule has 0 spiro atoms. The van der Waals surface area contributed by atoms with E-state index in [1.807, 2.05) is 6.20 Å². The molecule has 0 bridgehead atoms. The summed E-state index contributed by atoms with van der Waals surface area (Å²) in [6, 6.07) is 13.3. The first-order chi connectivity index (χ1) is 15.7. The van der Waals surface area contributed by atoms with Crippen molar-refractivity contribution in [2.75, 3.05) is 38.2 Å². The lowest BCUT2D eigenvalue weighted by atomic mass is 9.92. The van der Waals surface area contributed by atoms with Crippen LogP contribution in [0.5, 0.6) is 0 Å². The molecular formula is C26H32FN5. The van der Waals surface area contributed by atoms with Gasteiger partial charge in [0.25, 0.3) is 0 Å². The number of pyridine rings is 1. The van der Waals surface area contributed by atoms with E-state index in [4.69, 9.17) is 4.98 Å². The highest BCUT2D eigenvalue weighted by atomic mass is 19.1. The molecule has 1 saturated heterocycles. The van der Waals surface area contributed by atoms with Gasteiger partial charge in [-0.15, -0.1) is 0 Å². The summed E-state index contributed by atoms with van der Waals surface area (Å²) in [4.78, 5) is 13.2. The maximum atomic E-state index is 12.3. The number of rotatable bonds is 8. The van der Waals surface area contributed by atoms with Crippen LogP contribution in [0.2, 0.25) is 0 Å². The summed E-state index contributed by atoms with van der Waals surface area (Å²) in [6.45, 7) is 9.99. The van der Waals surface area contributed by atoms with Crippen molar-refractivity contribution in [1.29, 1.82) is 0 Å². The monoisotopic (exact) mass is 433 g/mol. The highest BCUT2D eigenvalue weighted by molar-refractivity contribution is 5.85. The molecule has 6 heteroatoms. The van der Waals surface area contributed by atoms with Gasteiger partial charge in [-0.2, -0.15) is 0 Å². The maximum Gasteiger partial charge on any atom is 0.126 e. The molecule has 2 N–H and O–H groups in total. The van der Waals surface area contributed by atoms with Crippen LogP contribution in [-0.4, -0.2) is 58.7 Å². The van der Waals surface area contributed by atoms with Crippen molar-refractivity contribution >= 4 is 16.7 Å².